The Balaban J connectivity index is 1.79. The molecule has 2 aliphatic heterocycles. The van der Waals surface area contributed by atoms with Crippen LogP contribution >= 0.6 is 0 Å². The van der Waals surface area contributed by atoms with Crippen LogP contribution in [0.2, 0.25) is 0 Å². The standard InChI is InChI=1S/C18H18N2O2/c21-17(13-4-2-1-3-5-13)15-6-7-16-14-8-12(9-19-10-14)11-20(16)18(15)22/h1-7,12,14,19H,8-11H2/t12-,14+/m0/s1. The molecule has 1 saturated heterocycles. The number of carbonyl (C=O) groups is 1. The smallest absolute Gasteiger partial charge is 0.262 e. The summed E-state index contributed by atoms with van der Waals surface area (Å²) in [6, 6.07) is 12.7. The molecule has 3 heterocycles. The van der Waals surface area contributed by atoms with E-state index in [0.29, 0.717) is 23.9 Å². The second-order valence-corrected chi connectivity index (χ2v) is 6.24. The Labute approximate surface area is 128 Å². The molecule has 0 aliphatic carbocycles. The fourth-order valence-corrected chi connectivity index (χ4v) is 3.71. The number of nitrogens with zero attached hydrogens (tertiary/aromatic N) is 1. The Kier molecular flexibility index (Phi) is 3.19. The van der Waals surface area contributed by atoms with Crippen molar-refractivity contribution in [1.29, 1.82) is 0 Å². The molecular formula is C18H18N2O2. The number of hydrogen-bond donors (Lipinski definition) is 1. The molecule has 22 heavy (non-hydrogen) atoms. The maximum atomic E-state index is 12.8. The lowest BCUT2D eigenvalue weighted by molar-refractivity contribution is 0.103. The van der Waals surface area contributed by atoms with Crippen molar-refractivity contribution < 1.29 is 4.79 Å². The zero-order valence-electron chi connectivity index (χ0n) is 12.3. The number of aromatic nitrogens is 1. The number of fused-ring (bicyclic) bond motifs is 4. The number of hydrogen-bond acceptors (Lipinski definition) is 3. The molecule has 0 unspecified atom stereocenters. The van der Waals surface area contributed by atoms with Crippen LogP contribution in [-0.2, 0) is 6.54 Å². The predicted octanol–water partition coefficient (Wildman–Crippen LogP) is 1.79. The van der Waals surface area contributed by atoms with Crippen LogP contribution < -0.4 is 10.9 Å². The van der Waals surface area contributed by atoms with Crippen molar-refractivity contribution in [1.82, 2.24) is 9.88 Å². The van der Waals surface area contributed by atoms with E-state index in [0.717, 1.165) is 25.2 Å². The highest BCUT2D eigenvalue weighted by Gasteiger charge is 2.31. The first-order valence-corrected chi connectivity index (χ1v) is 7.78. The molecule has 2 aromatic rings. The van der Waals surface area contributed by atoms with E-state index in [4.69, 9.17) is 0 Å². The summed E-state index contributed by atoms with van der Waals surface area (Å²) >= 11 is 0. The van der Waals surface area contributed by atoms with Crippen molar-refractivity contribution in [2.24, 2.45) is 5.92 Å². The molecule has 1 aromatic carbocycles. The molecule has 4 rings (SSSR count). The van der Waals surface area contributed by atoms with E-state index in [1.54, 1.807) is 18.2 Å². The molecule has 0 saturated carbocycles. The van der Waals surface area contributed by atoms with E-state index >= 15 is 0 Å². The van der Waals surface area contributed by atoms with Gasteiger partial charge in [-0.05, 0) is 31.0 Å². The molecule has 112 valence electrons. The van der Waals surface area contributed by atoms with E-state index in [9.17, 15) is 9.59 Å². The van der Waals surface area contributed by atoms with Gasteiger partial charge in [-0.15, -0.1) is 0 Å². The summed E-state index contributed by atoms with van der Waals surface area (Å²) in [5.41, 5.74) is 1.78. The first-order chi connectivity index (χ1) is 10.7. The van der Waals surface area contributed by atoms with Crippen molar-refractivity contribution in [3.8, 4) is 0 Å². The average Bonchev–Trinajstić information content (AvgIpc) is 2.56. The molecule has 1 aromatic heterocycles. The SMILES string of the molecule is O=C(c1ccccc1)c1ccc2n(c1=O)C[C@@H]1CNC[C@H]2C1. The van der Waals surface area contributed by atoms with Gasteiger partial charge in [0, 0.05) is 30.3 Å². The Morgan fingerprint density at radius 3 is 2.73 bits per heavy atom. The van der Waals surface area contributed by atoms with Gasteiger partial charge >= 0.3 is 0 Å². The maximum absolute atomic E-state index is 12.8. The van der Waals surface area contributed by atoms with Crippen molar-refractivity contribution in [3.63, 3.8) is 0 Å². The lowest BCUT2D eigenvalue weighted by atomic mass is 9.84. The predicted molar refractivity (Wildman–Crippen MR) is 84.3 cm³/mol. The van der Waals surface area contributed by atoms with E-state index in [1.165, 1.54) is 0 Å². The monoisotopic (exact) mass is 294 g/mol. The zero-order valence-corrected chi connectivity index (χ0v) is 12.3. The van der Waals surface area contributed by atoms with Crippen LogP contribution in [-0.4, -0.2) is 23.4 Å². The highest BCUT2D eigenvalue weighted by molar-refractivity contribution is 6.08. The number of ketones is 1. The summed E-state index contributed by atoms with van der Waals surface area (Å²) in [6.45, 7) is 2.59. The molecule has 4 nitrogen and oxygen atoms in total. The number of rotatable bonds is 2. The van der Waals surface area contributed by atoms with Gasteiger partial charge in [-0.25, -0.2) is 0 Å². The summed E-state index contributed by atoms with van der Waals surface area (Å²) < 4.78 is 1.83. The number of carbonyl (C=O) groups excluding carboxylic acids is 1. The third kappa shape index (κ3) is 2.11. The Morgan fingerprint density at radius 2 is 1.91 bits per heavy atom. The largest absolute Gasteiger partial charge is 0.316 e. The van der Waals surface area contributed by atoms with Crippen LogP contribution in [0.25, 0.3) is 0 Å². The molecule has 0 amide bonds. The lowest BCUT2D eigenvalue weighted by Crippen LogP contribution is -2.45. The molecule has 0 spiro atoms. The number of piperidine rings is 1. The minimum absolute atomic E-state index is 0.136. The molecule has 2 atom stereocenters. The lowest BCUT2D eigenvalue weighted by Gasteiger charge is -2.37. The summed E-state index contributed by atoms with van der Waals surface area (Å²) in [7, 11) is 0. The van der Waals surface area contributed by atoms with Gasteiger partial charge in [0.15, 0.2) is 5.78 Å². The highest BCUT2D eigenvalue weighted by Crippen LogP contribution is 2.31. The zero-order chi connectivity index (χ0) is 15.1. The molecule has 1 fully saturated rings. The van der Waals surface area contributed by atoms with Crippen LogP contribution in [0.15, 0.2) is 47.3 Å². The van der Waals surface area contributed by atoms with E-state index in [2.05, 4.69) is 5.32 Å². The second-order valence-electron chi connectivity index (χ2n) is 6.24. The molecule has 0 radical (unpaired) electrons. The third-order valence-corrected chi connectivity index (χ3v) is 4.79. The second kappa shape index (κ2) is 5.21. The number of pyridine rings is 1. The summed E-state index contributed by atoms with van der Waals surface area (Å²) in [4.78, 5) is 25.4. The Morgan fingerprint density at radius 1 is 1.09 bits per heavy atom. The molecule has 2 bridgehead atoms. The van der Waals surface area contributed by atoms with E-state index in [1.807, 2.05) is 28.8 Å². The fraction of sp³-hybridized carbons (Fsp3) is 0.333. The van der Waals surface area contributed by atoms with Crippen LogP contribution in [0.4, 0.5) is 0 Å². The van der Waals surface area contributed by atoms with Gasteiger partial charge in [0.1, 0.15) is 0 Å². The summed E-state index contributed by atoms with van der Waals surface area (Å²) in [5, 5.41) is 3.43. The minimum Gasteiger partial charge on any atom is -0.316 e. The van der Waals surface area contributed by atoms with Crippen molar-refractivity contribution >= 4 is 5.78 Å². The first-order valence-electron chi connectivity index (χ1n) is 7.78. The van der Waals surface area contributed by atoms with Crippen molar-refractivity contribution in [2.75, 3.05) is 13.1 Å². The summed E-state index contributed by atoms with van der Waals surface area (Å²) in [6.07, 6.45) is 1.14. The minimum atomic E-state index is -0.185. The van der Waals surface area contributed by atoms with Gasteiger partial charge in [-0.3, -0.25) is 9.59 Å². The molecule has 2 aliphatic rings. The van der Waals surface area contributed by atoms with E-state index in [-0.39, 0.29) is 16.9 Å². The van der Waals surface area contributed by atoms with Crippen LogP contribution in [0.1, 0.15) is 34.0 Å². The van der Waals surface area contributed by atoms with Gasteiger partial charge in [-0.1, -0.05) is 30.3 Å². The van der Waals surface area contributed by atoms with Crippen LogP contribution in [0.3, 0.4) is 0 Å². The van der Waals surface area contributed by atoms with Crippen molar-refractivity contribution in [3.05, 3.63) is 69.6 Å². The third-order valence-electron chi connectivity index (χ3n) is 4.79. The number of benzene rings is 1. The Hall–Kier alpha value is -2.20. The van der Waals surface area contributed by atoms with Crippen LogP contribution in [0, 0.1) is 5.92 Å². The van der Waals surface area contributed by atoms with Gasteiger partial charge < -0.3 is 9.88 Å². The van der Waals surface area contributed by atoms with Gasteiger partial charge in [-0.2, -0.15) is 0 Å². The normalized spacial score (nSPS) is 22.9. The van der Waals surface area contributed by atoms with Crippen molar-refractivity contribution in [2.45, 2.75) is 18.9 Å². The molecular weight excluding hydrogens is 276 g/mol. The Bertz CT molecular complexity index is 779. The quantitative estimate of drug-likeness (QED) is 0.859. The topological polar surface area (TPSA) is 51.1 Å². The van der Waals surface area contributed by atoms with Gasteiger partial charge in [0.05, 0.1) is 5.56 Å². The summed E-state index contributed by atoms with van der Waals surface area (Å²) in [5.74, 6) is 0.696. The average molecular weight is 294 g/mol. The van der Waals surface area contributed by atoms with Gasteiger partial charge in [0.2, 0.25) is 0 Å². The molecule has 4 heteroatoms. The molecule has 1 N–H and O–H groups in total. The van der Waals surface area contributed by atoms with Crippen LogP contribution in [0.5, 0.6) is 0 Å². The highest BCUT2D eigenvalue weighted by atomic mass is 16.1. The number of nitrogens with one attached hydrogen (secondary N) is 1. The maximum Gasteiger partial charge on any atom is 0.262 e. The van der Waals surface area contributed by atoms with E-state index < -0.39 is 0 Å². The van der Waals surface area contributed by atoms with Gasteiger partial charge in [0.25, 0.3) is 5.56 Å². The first kappa shape index (κ1) is 13.5. The fourth-order valence-electron chi connectivity index (χ4n) is 3.71.